The zero-order valence-corrected chi connectivity index (χ0v) is 22.6. The zero-order chi connectivity index (χ0) is 25.7. The van der Waals surface area contributed by atoms with E-state index in [1.807, 2.05) is 48.5 Å². The Morgan fingerprint density at radius 2 is 1.70 bits per heavy atom. The predicted molar refractivity (Wildman–Crippen MR) is 150 cm³/mol. The number of likely N-dealkylation sites (tertiary alicyclic amines) is 1. The van der Waals surface area contributed by atoms with Gasteiger partial charge in [-0.2, -0.15) is 0 Å². The van der Waals surface area contributed by atoms with E-state index in [0.717, 1.165) is 69.1 Å². The second-order valence-corrected chi connectivity index (χ2v) is 10.8. The van der Waals surface area contributed by atoms with Crippen LogP contribution in [0.25, 0.3) is 0 Å². The number of anilines is 1. The smallest absolute Gasteiger partial charge is 0.131 e. The molecule has 1 atom stereocenters. The van der Waals surface area contributed by atoms with E-state index in [1.54, 1.807) is 0 Å². The van der Waals surface area contributed by atoms with Gasteiger partial charge in [0, 0.05) is 56.4 Å². The first-order chi connectivity index (χ1) is 18.0. The molecule has 0 saturated carbocycles. The molecule has 0 aromatic heterocycles. The summed E-state index contributed by atoms with van der Waals surface area (Å²) in [6.07, 6.45) is 4.24. The van der Waals surface area contributed by atoms with E-state index in [-0.39, 0.29) is 11.7 Å². The zero-order valence-electron chi connectivity index (χ0n) is 21.9. The van der Waals surface area contributed by atoms with Crippen molar-refractivity contribution in [3.05, 3.63) is 83.4 Å². The van der Waals surface area contributed by atoms with E-state index in [2.05, 4.69) is 48.0 Å². The van der Waals surface area contributed by atoms with E-state index in [1.165, 1.54) is 11.3 Å². The molecule has 37 heavy (non-hydrogen) atoms. The molecule has 5 rings (SSSR count). The van der Waals surface area contributed by atoms with Crippen molar-refractivity contribution in [1.82, 2.24) is 4.90 Å². The average Bonchev–Trinajstić information content (AvgIpc) is 3.29. The van der Waals surface area contributed by atoms with Gasteiger partial charge >= 0.3 is 0 Å². The van der Waals surface area contributed by atoms with Crippen molar-refractivity contribution in [2.75, 3.05) is 38.2 Å². The van der Waals surface area contributed by atoms with Crippen LogP contribution in [-0.2, 0) is 11.3 Å². The summed E-state index contributed by atoms with van der Waals surface area (Å²) in [6.45, 7) is 7.03. The molecule has 1 unspecified atom stereocenters. The summed E-state index contributed by atoms with van der Waals surface area (Å²) in [6, 6.07) is 24.2. The Hall–Kier alpha value is -2.73. The Morgan fingerprint density at radius 3 is 2.43 bits per heavy atom. The molecule has 0 amide bonds. The Morgan fingerprint density at radius 1 is 0.973 bits per heavy atom. The predicted octanol–water partition coefficient (Wildman–Crippen LogP) is 7.18. The van der Waals surface area contributed by atoms with Crippen LogP contribution in [0.1, 0.15) is 38.2 Å². The maximum Gasteiger partial charge on any atom is 0.131 e. The fraction of sp³-hybridized carbons (Fsp3) is 0.419. The first kappa shape index (κ1) is 25.9. The summed E-state index contributed by atoms with van der Waals surface area (Å²) >= 11 is 5.97. The highest BCUT2D eigenvalue weighted by Crippen LogP contribution is 2.38. The van der Waals surface area contributed by atoms with Crippen molar-refractivity contribution in [3.8, 4) is 17.2 Å². The van der Waals surface area contributed by atoms with Crippen LogP contribution in [-0.4, -0.2) is 49.9 Å². The van der Waals surface area contributed by atoms with Crippen molar-refractivity contribution >= 4 is 17.3 Å². The van der Waals surface area contributed by atoms with Gasteiger partial charge in [0.2, 0.25) is 0 Å². The third-order valence-electron chi connectivity index (χ3n) is 7.44. The summed E-state index contributed by atoms with van der Waals surface area (Å²) in [5.74, 6) is 2.30. The highest BCUT2D eigenvalue weighted by Gasteiger charge is 2.43. The lowest BCUT2D eigenvalue weighted by molar-refractivity contribution is -0.0454. The molecule has 2 fully saturated rings. The van der Waals surface area contributed by atoms with E-state index in [4.69, 9.17) is 25.8 Å². The van der Waals surface area contributed by atoms with E-state index in [0.29, 0.717) is 11.6 Å². The van der Waals surface area contributed by atoms with Gasteiger partial charge in [0.25, 0.3) is 0 Å². The van der Waals surface area contributed by atoms with Gasteiger partial charge in [0.15, 0.2) is 0 Å². The maximum absolute atomic E-state index is 6.37. The van der Waals surface area contributed by atoms with Gasteiger partial charge in [0.05, 0.1) is 12.2 Å². The van der Waals surface area contributed by atoms with Crippen LogP contribution in [0.5, 0.6) is 17.2 Å². The minimum absolute atomic E-state index is 0.0602. The van der Waals surface area contributed by atoms with Crippen LogP contribution in [0.3, 0.4) is 0 Å². The molecular weight excluding hydrogens is 484 g/mol. The molecule has 1 spiro atoms. The number of hydrogen-bond acceptors (Lipinski definition) is 5. The summed E-state index contributed by atoms with van der Waals surface area (Å²) in [4.78, 5) is 4.86. The average molecular weight is 521 g/mol. The number of nitrogens with zero attached hydrogens (tertiary/aromatic N) is 2. The number of ether oxygens (including phenoxy) is 3. The Labute approximate surface area is 225 Å². The molecule has 6 heteroatoms. The standard InChI is InChI=1S/C31H37ClN2O3/c1-3-17-33(2)26-11-7-24(8-12-26)22-34-18-15-31(16-19-34)21-30(23-35-31)37-29-6-4-5-28(20-29)36-27-13-9-25(32)10-14-27/h4-14,20,30H,3,15-19,21-23H2,1-2H3. The number of benzene rings is 3. The van der Waals surface area contributed by atoms with Gasteiger partial charge in [-0.05, 0) is 73.4 Å². The fourth-order valence-corrected chi connectivity index (χ4v) is 5.49. The number of rotatable bonds is 9. The van der Waals surface area contributed by atoms with Crippen LogP contribution in [0.2, 0.25) is 5.02 Å². The minimum atomic E-state index is -0.0642. The molecule has 196 valence electrons. The Balaban J connectivity index is 1.10. The summed E-state index contributed by atoms with van der Waals surface area (Å²) in [5.41, 5.74) is 2.60. The lowest BCUT2D eigenvalue weighted by Gasteiger charge is -2.38. The maximum atomic E-state index is 6.37. The summed E-state index contributed by atoms with van der Waals surface area (Å²) < 4.78 is 18.7. The molecule has 2 aliphatic heterocycles. The third kappa shape index (κ3) is 6.78. The lowest BCUT2D eigenvalue weighted by atomic mass is 9.88. The highest BCUT2D eigenvalue weighted by atomic mass is 35.5. The van der Waals surface area contributed by atoms with Crippen LogP contribution in [0.4, 0.5) is 5.69 Å². The topological polar surface area (TPSA) is 34.2 Å². The molecule has 0 bridgehead atoms. The molecule has 2 heterocycles. The quantitative estimate of drug-likeness (QED) is 0.298. The summed E-state index contributed by atoms with van der Waals surface area (Å²) in [5, 5.41) is 0.690. The second kappa shape index (κ2) is 11.8. The van der Waals surface area contributed by atoms with Crippen molar-refractivity contribution < 1.29 is 14.2 Å². The molecule has 3 aromatic rings. The largest absolute Gasteiger partial charge is 0.488 e. The van der Waals surface area contributed by atoms with Gasteiger partial charge in [0.1, 0.15) is 23.4 Å². The second-order valence-electron chi connectivity index (χ2n) is 10.3. The van der Waals surface area contributed by atoms with E-state index < -0.39 is 0 Å². The normalized spacial score (nSPS) is 19.2. The van der Waals surface area contributed by atoms with Crippen LogP contribution >= 0.6 is 11.6 Å². The monoisotopic (exact) mass is 520 g/mol. The Kier molecular flexibility index (Phi) is 8.23. The van der Waals surface area contributed by atoms with E-state index >= 15 is 0 Å². The molecule has 0 radical (unpaired) electrons. The van der Waals surface area contributed by atoms with Gasteiger partial charge in [-0.15, -0.1) is 0 Å². The first-order valence-corrected chi connectivity index (χ1v) is 13.7. The van der Waals surface area contributed by atoms with Crippen molar-refractivity contribution in [1.29, 1.82) is 0 Å². The number of piperidine rings is 1. The van der Waals surface area contributed by atoms with Crippen LogP contribution in [0, 0.1) is 0 Å². The van der Waals surface area contributed by atoms with Crippen LogP contribution in [0.15, 0.2) is 72.8 Å². The van der Waals surface area contributed by atoms with Gasteiger partial charge < -0.3 is 19.1 Å². The first-order valence-electron chi connectivity index (χ1n) is 13.4. The highest BCUT2D eigenvalue weighted by molar-refractivity contribution is 6.30. The van der Waals surface area contributed by atoms with E-state index in [9.17, 15) is 0 Å². The van der Waals surface area contributed by atoms with Gasteiger partial charge in [-0.1, -0.05) is 36.7 Å². The number of halogens is 1. The molecule has 2 aliphatic rings. The van der Waals surface area contributed by atoms with Crippen molar-refractivity contribution in [2.45, 2.75) is 50.9 Å². The number of hydrogen-bond donors (Lipinski definition) is 0. The molecule has 0 aliphatic carbocycles. The van der Waals surface area contributed by atoms with Gasteiger partial charge in [-0.25, -0.2) is 0 Å². The third-order valence-corrected chi connectivity index (χ3v) is 7.69. The summed E-state index contributed by atoms with van der Waals surface area (Å²) in [7, 11) is 2.16. The Bertz CT molecular complexity index is 1140. The fourth-order valence-electron chi connectivity index (χ4n) is 5.37. The van der Waals surface area contributed by atoms with Crippen LogP contribution < -0.4 is 14.4 Å². The van der Waals surface area contributed by atoms with Crippen molar-refractivity contribution in [2.24, 2.45) is 0 Å². The minimum Gasteiger partial charge on any atom is -0.488 e. The molecule has 5 nitrogen and oxygen atoms in total. The molecule has 3 aromatic carbocycles. The molecule has 0 N–H and O–H groups in total. The molecule has 2 saturated heterocycles. The molecular formula is C31H37ClN2O3. The van der Waals surface area contributed by atoms with Crippen molar-refractivity contribution in [3.63, 3.8) is 0 Å². The van der Waals surface area contributed by atoms with Gasteiger partial charge in [-0.3, -0.25) is 4.90 Å². The SMILES string of the molecule is CCCN(C)c1ccc(CN2CCC3(CC2)CC(Oc2cccc(Oc4ccc(Cl)cc4)c2)CO3)cc1. The lowest BCUT2D eigenvalue weighted by Crippen LogP contribution is -2.44.